The number of ether oxygens (including phenoxy) is 2. The zero-order valence-corrected chi connectivity index (χ0v) is 43.4. The van der Waals surface area contributed by atoms with Crippen LogP contribution in [0.4, 0.5) is 0 Å². The van der Waals surface area contributed by atoms with Gasteiger partial charge in [0.1, 0.15) is 36.6 Å². The van der Waals surface area contributed by atoms with Gasteiger partial charge in [-0.05, 0) is 38.5 Å². The van der Waals surface area contributed by atoms with E-state index in [9.17, 15) is 40.5 Å². The largest absolute Gasteiger partial charge is 0.394 e. The third-order valence-electron chi connectivity index (χ3n) is 14.1. The molecule has 1 aliphatic rings. The number of allylic oxidation sites excluding steroid dienone is 2. The Labute approximate surface area is 411 Å². The molecule has 0 radical (unpaired) electrons. The van der Waals surface area contributed by atoms with E-state index in [1.807, 2.05) is 0 Å². The highest BCUT2D eigenvalue weighted by atomic mass is 16.7. The molecule has 0 bridgehead atoms. The summed E-state index contributed by atoms with van der Waals surface area (Å²) in [5.41, 5.74) is 0. The van der Waals surface area contributed by atoms with Gasteiger partial charge in [0.25, 0.3) is 0 Å². The molecule has 0 aromatic carbocycles. The van der Waals surface area contributed by atoms with E-state index in [0.717, 1.165) is 51.4 Å². The Hall–Kier alpha value is -1.15. The number of aliphatic hydroxyl groups excluding tert-OH is 7. The summed E-state index contributed by atoms with van der Waals surface area (Å²) in [6.07, 6.45) is 41.1. The molecule has 11 heteroatoms. The summed E-state index contributed by atoms with van der Waals surface area (Å²) in [6.45, 7) is 3.49. The summed E-state index contributed by atoms with van der Waals surface area (Å²) in [6, 6.07) is -1.17. The summed E-state index contributed by atoms with van der Waals surface area (Å²) in [7, 11) is 0. The molecule has 9 atom stereocenters. The number of carbonyl (C=O) groups is 1. The van der Waals surface area contributed by atoms with Crippen molar-refractivity contribution in [2.75, 3.05) is 13.2 Å². The van der Waals surface area contributed by atoms with Gasteiger partial charge in [-0.25, -0.2) is 0 Å². The molecule has 1 saturated heterocycles. The van der Waals surface area contributed by atoms with Crippen LogP contribution in [0.3, 0.4) is 0 Å². The molecule has 1 aliphatic heterocycles. The smallest absolute Gasteiger partial charge is 0.249 e. The minimum absolute atomic E-state index is 0.256. The monoisotopic (exact) mass is 956 g/mol. The summed E-state index contributed by atoms with van der Waals surface area (Å²) in [4.78, 5) is 13.2. The van der Waals surface area contributed by atoms with E-state index in [1.165, 1.54) is 180 Å². The van der Waals surface area contributed by atoms with Gasteiger partial charge in [-0.1, -0.05) is 244 Å². The normalized spacial score (nSPS) is 20.6. The maximum atomic E-state index is 13.2. The maximum Gasteiger partial charge on any atom is 0.249 e. The second-order valence-electron chi connectivity index (χ2n) is 20.4. The van der Waals surface area contributed by atoms with Crippen LogP contribution in [-0.2, 0) is 14.3 Å². The van der Waals surface area contributed by atoms with Gasteiger partial charge in [0.2, 0.25) is 5.91 Å². The number of nitrogens with one attached hydrogen (secondary N) is 1. The number of hydrogen-bond donors (Lipinski definition) is 8. The highest BCUT2D eigenvalue weighted by Gasteiger charge is 2.44. The van der Waals surface area contributed by atoms with E-state index >= 15 is 0 Å². The predicted molar refractivity (Wildman–Crippen MR) is 275 cm³/mol. The van der Waals surface area contributed by atoms with Gasteiger partial charge < -0.3 is 50.5 Å². The summed E-state index contributed by atoms with van der Waals surface area (Å²) < 4.78 is 11.1. The molecule has 11 nitrogen and oxygen atoms in total. The molecule has 1 amide bonds. The topological polar surface area (TPSA) is 189 Å². The number of amides is 1. The second kappa shape index (κ2) is 46.0. The Morgan fingerprint density at radius 2 is 0.866 bits per heavy atom. The van der Waals surface area contributed by atoms with Crippen LogP contribution < -0.4 is 5.32 Å². The first-order chi connectivity index (χ1) is 32.7. The fourth-order valence-corrected chi connectivity index (χ4v) is 9.38. The standard InChI is InChI=1S/C56H109NO10/c1-3-5-7-9-11-13-15-17-19-21-23-24-26-28-30-32-34-36-38-40-42-44-49(60)55(65)57-47(46-66-56-54(64)53(63)52(62)50(45-58)67-56)51(61)48(59)43-41-39-37-35-33-31-29-27-25-22-20-18-16-14-12-10-8-6-4-2/h26,28,47-54,56,58-64H,3-25,27,29-46H2,1-2H3,(H,57,65)/b28-26-. The Bertz CT molecular complexity index is 1100. The van der Waals surface area contributed by atoms with Crippen molar-refractivity contribution in [1.82, 2.24) is 5.32 Å². The molecule has 1 heterocycles. The molecule has 1 rings (SSSR count). The summed E-state index contributed by atoms with van der Waals surface area (Å²) in [5.74, 6) is -0.697. The lowest BCUT2D eigenvalue weighted by molar-refractivity contribution is -0.303. The molecule has 67 heavy (non-hydrogen) atoms. The molecule has 0 aromatic heterocycles. The second-order valence-corrected chi connectivity index (χ2v) is 20.4. The van der Waals surface area contributed by atoms with Crippen molar-refractivity contribution in [2.24, 2.45) is 0 Å². The van der Waals surface area contributed by atoms with Crippen molar-refractivity contribution in [3.63, 3.8) is 0 Å². The van der Waals surface area contributed by atoms with E-state index < -0.39 is 74.2 Å². The van der Waals surface area contributed by atoms with Gasteiger partial charge in [0, 0.05) is 0 Å². The highest BCUT2D eigenvalue weighted by molar-refractivity contribution is 5.80. The van der Waals surface area contributed by atoms with E-state index in [2.05, 4.69) is 31.3 Å². The van der Waals surface area contributed by atoms with Crippen LogP contribution in [0.1, 0.15) is 271 Å². The molecule has 0 saturated carbocycles. The lowest BCUT2D eigenvalue weighted by Crippen LogP contribution is -2.60. The van der Waals surface area contributed by atoms with Crippen LogP contribution in [-0.4, -0.2) is 110 Å². The number of unbranched alkanes of at least 4 members (excludes halogenated alkanes) is 35. The van der Waals surface area contributed by atoms with Crippen LogP contribution in [0.15, 0.2) is 12.2 Å². The van der Waals surface area contributed by atoms with Crippen LogP contribution in [0, 0.1) is 0 Å². The number of carbonyl (C=O) groups excluding carboxylic acids is 1. The van der Waals surface area contributed by atoms with Crippen molar-refractivity contribution >= 4 is 5.91 Å². The molecular formula is C56H109NO10. The van der Waals surface area contributed by atoms with E-state index in [1.54, 1.807) is 0 Å². The highest BCUT2D eigenvalue weighted by Crippen LogP contribution is 2.23. The SMILES string of the molecule is CCCCCCCCCCCCC/C=C\CCCCCCCCC(O)C(=O)NC(COC1OC(CO)C(O)C(O)C1O)C(O)C(O)CCCCCCCCCCCCCCCCCCCCC. The van der Waals surface area contributed by atoms with E-state index in [-0.39, 0.29) is 6.42 Å². The van der Waals surface area contributed by atoms with Crippen molar-refractivity contribution in [3.8, 4) is 0 Å². The van der Waals surface area contributed by atoms with Crippen LogP contribution in [0.2, 0.25) is 0 Å². The minimum Gasteiger partial charge on any atom is -0.394 e. The molecule has 398 valence electrons. The fourth-order valence-electron chi connectivity index (χ4n) is 9.38. The Morgan fingerprint density at radius 3 is 1.25 bits per heavy atom. The first-order valence-corrected chi connectivity index (χ1v) is 28.6. The molecule has 1 fully saturated rings. The third kappa shape index (κ3) is 34.8. The average Bonchev–Trinajstić information content (AvgIpc) is 3.33. The predicted octanol–water partition coefficient (Wildman–Crippen LogP) is 11.6. The number of rotatable bonds is 49. The van der Waals surface area contributed by atoms with Gasteiger partial charge in [-0.2, -0.15) is 0 Å². The zero-order valence-electron chi connectivity index (χ0n) is 43.4. The minimum atomic E-state index is -1.66. The van der Waals surface area contributed by atoms with Crippen molar-refractivity contribution in [3.05, 3.63) is 12.2 Å². The molecule has 8 N–H and O–H groups in total. The van der Waals surface area contributed by atoms with E-state index in [0.29, 0.717) is 19.3 Å². The van der Waals surface area contributed by atoms with Gasteiger partial charge in [0.05, 0.1) is 25.4 Å². The van der Waals surface area contributed by atoms with Gasteiger partial charge in [-0.15, -0.1) is 0 Å². The maximum absolute atomic E-state index is 13.2. The Kier molecular flexibility index (Phi) is 43.8. The summed E-state index contributed by atoms with van der Waals surface area (Å²) in [5, 5.41) is 76.1. The quantitative estimate of drug-likeness (QED) is 0.0215. The number of aliphatic hydroxyl groups is 7. The lowest BCUT2D eigenvalue weighted by Gasteiger charge is -2.40. The van der Waals surface area contributed by atoms with Gasteiger partial charge >= 0.3 is 0 Å². The first kappa shape index (κ1) is 63.9. The van der Waals surface area contributed by atoms with Crippen LogP contribution >= 0.6 is 0 Å². The molecule has 0 aromatic rings. The molecular weight excluding hydrogens is 847 g/mol. The third-order valence-corrected chi connectivity index (χ3v) is 14.1. The summed E-state index contributed by atoms with van der Waals surface area (Å²) >= 11 is 0. The number of hydrogen-bond acceptors (Lipinski definition) is 10. The molecule has 0 spiro atoms. The fraction of sp³-hybridized carbons (Fsp3) is 0.946. The Morgan fingerprint density at radius 1 is 0.507 bits per heavy atom. The van der Waals surface area contributed by atoms with Crippen LogP contribution in [0.25, 0.3) is 0 Å². The van der Waals surface area contributed by atoms with Crippen molar-refractivity contribution in [1.29, 1.82) is 0 Å². The van der Waals surface area contributed by atoms with Gasteiger partial charge in [0.15, 0.2) is 6.29 Å². The van der Waals surface area contributed by atoms with Crippen LogP contribution in [0.5, 0.6) is 0 Å². The average molecular weight is 956 g/mol. The van der Waals surface area contributed by atoms with Crippen molar-refractivity contribution < 1.29 is 50.0 Å². The molecule has 9 unspecified atom stereocenters. The first-order valence-electron chi connectivity index (χ1n) is 28.6. The van der Waals surface area contributed by atoms with Gasteiger partial charge in [-0.3, -0.25) is 4.79 Å². The van der Waals surface area contributed by atoms with Crippen molar-refractivity contribution in [2.45, 2.75) is 326 Å². The lowest BCUT2D eigenvalue weighted by atomic mass is 9.98. The zero-order chi connectivity index (χ0) is 49.0. The Balaban J connectivity index is 2.33. The molecule has 0 aliphatic carbocycles. The van der Waals surface area contributed by atoms with E-state index in [4.69, 9.17) is 9.47 Å².